The largest absolute Gasteiger partial charge is 0.478 e. The molecule has 0 spiro atoms. The molecule has 80 valence electrons. The number of thioether (sulfide) groups is 1. The first-order valence-corrected chi connectivity index (χ1v) is 5.86. The first kappa shape index (κ1) is 12.1. The second kappa shape index (κ2) is 5.83. The zero-order valence-electron chi connectivity index (χ0n) is 8.07. The van der Waals surface area contributed by atoms with Crippen LogP contribution in [-0.2, 0) is 10.5 Å². The number of aliphatic carboxylic acids is 1. The summed E-state index contributed by atoms with van der Waals surface area (Å²) in [5.74, 6) is 0.278. The van der Waals surface area contributed by atoms with Crippen LogP contribution in [0.5, 0.6) is 0 Å². The van der Waals surface area contributed by atoms with Crippen molar-refractivity contribution in [3.63, 3.8) is 0 Å². The molecule has 0 heterocycles. The Balaban J connectivity index is 2.35. The van der Waals surface area contributed by atoms with Gasteiger partial charge in [-0.2, -0.15) is 11.8 Å². The van der Waals surface area contributed by atoms with E-state index in [1.165, 1.54) is 11.8 Å². The maximum atomic E-state index is 10.5. The molecule has 0 amide bonds. The van der Waals surface area contributed by atoms with Gasteiger partial charge in [0.05, 0.1) is 0 Å². The van der Waals surface area contributed by atoms with Gasteiger partial charge in [0.15, 0.2) is 0 Å². The molecule has 0 radical (unpaired) electrons. The highest BCUT2D eigenvalue weighted by Gasteiger charge is 2.03. The molecule has 0 unspecified atom stereocenters. The molecule has 0 aromatic heterocycles. The van der Waals surface area contributed by atoms with E-state index in [-0.39, 0.29) is 5.57 Å². The van der Waals surface area contributed by atoms with Crippen molar-refractivity contribution in [3.05, 3.63) is 47.0 Å². The maximum Gasteiger partial charge on any atom is 0.331 e. The van der Waals surface area contributed by atoms with E-state index in [0.717, 1.165) is 11.3 Å². The van der Waals surface area contributed by atoms with Gasteiger partial charge in [0, 0.05) is 22.1 Å². The van der Waals surface area contributed by atoms with Gasteiger partial charge < -0.3 is 5.11 Å². The molecule has 15 heavy (non-hydrogen) atoms. The molecule has 0 aliphatic heterocycles. The van der Waals surface area contributed by atoms with Crippen LogP contribution in [0.1, 0.15) is 5.56 Å². The van der Waals surface area contributed by atoms with Crippen LogP contribution in [0.25, 0.3) is 0 Å². The van der Waals surface area contributed by atoms with E-state index < -0.39 is 5.97 Å². The molecule has 1 aromatic rings. The summed E-state index contributed by atoms with van der Waals surface area (Å²) < 4.78 is 0. The fraction of sp³-hybridized carbons (Fsp3) is 0.182. The summed E-state index contributed by atoms with van der Waals surface area (Å²) in [6, 6.07) is 7.50. The molecule has 2 nitrogen and oxygen atoms in total. The number of hydrogen-bond acceptors (Lipinski definition) is 2. The van der Waals surface area contributed by atoms with Gasteiger partial charge in [0.25, 0.3) is 0 Å². The number of carboxylic acids is 1. The van der Waals surface area contributed by atoms with Crippen LogP contribution in [0.3, 0.4) is 0 Å². The summed E-state index contributed by atoms with van der Waals surface area (Å²) in [5, 5.41) is 9.29. The molecule has 1 rings (SSSR count). The number of hydrogen-bond donors (Lipinski definition) is 1. The number of benzene rings is 1. The zero-order valence-corrected chi connectivity index (χ0v) is 9.64. The van der Waals surface area contributed by atoms with Gasteiger partial charge >= 0.3 is 5.97 Å². The lowest BCUT2D eigenvalue weighted by Crippen LogP contribution is -2.01. The van der Waals surface area contributed by atoms with E-state index in [1.807, 2.05) is 24.3 Å². The van der Waals surface area contributed by atoms with Crippen molar-refractivity contribution in [1.82, 2.24) is 0 Å². The van der Waals surface area contributed by atoms with Crippen LogP contribution in [0.15, 0.2) is 36.4 Å². The minimum Gasteiger partial charge on any atom is -0.478 e. The van der Waals surface area contributed by atoms with Crippen LogP contribution in [0.4, 0.5) is 0 Å². The average Bonchev–Trinajstić information content (AvgIpc) is 2.20. The predicted molar refractivity (Wildman–Crippen MR) is 64.4 cm³/mol. The number of halogens is 1. The van der Waals surface area contributed by atoms with Crippen molar-refractivity contribution >= 4 is 29.3 Å². The van der Waals surface area contributed by atoms with Gasteiger partial charge in [-0.3, -0.25) is 0 Å². The van der Waals surface area contributed by atoms with Crippen LogP contribution < -0.4 is 0 Å². The monoisotopic (exact) mass is 242 g/mol. The molecule has 0 aliphatic rings. The third-order valence-corrected chi connectivity index (χ3v) is 3.10. The van der Waals surface area contributed by atoms with Crippen LogP contribution in [0, 0.1) is 0 Å². The Morgan fingerprint density at radius 3 is 2.53 bits per heavy atom. The first-order chi connectivity index (χ1) is 7.09. The van der Waals surface area contributed by atoms with Crippen LogP contribution in [0.2, 0.25) is 5.02 Å². The molecular formula is C11H11ClO2S. The smallest absolute Gasteiger partial charge is 0.331 e. The van der Waals surface area contributed by atoms with Gasteiger partial charge in [-0.05, 0) is 17.7 Å². The fourth-order valence-electron chi connectivity index (χ4n) is 0.934. The van der Waals surface area contributed by atoms with Crippen LogP contribution in [-0.4, -0.2) is 16.8 Å². The Morgan fingerprint density at radius 1 is 1.40 bits per heavy atom. The molecule has 0 fully saturated rings. The lowest BCUT2D eigenvalue weighted by atomic mass is 10.2. The summed E-state index contributed by atoms with van der Waals surface area (Å²) in [4.78, 5) is 10.5. The van der Waals surface area contributed by atoms with E-state index in [4.69, 9.17) is 16.7 Å². The molecule has 1 N–H and O–H groups in total. The molecule has 4 heteroatoms. The Labute approximate surface area is 97.9 Å². The maximum absolute atomic E-state index is 10.5. The molecule has 1 aromatic carbocycles. The van der Waals surface area contributed by atoms with Gasteiger partial charge in [0.1, 0.15) is 0 Å². The van der Waals surface area contributed by atoms with Gasteiger partial charge in [-0.15, -0.1) is 0 Å². The van der Waals surface area contributed by atoms with Crippen molar-refractivity contribution in [2.45, 2.75) is 5.75 Å². The lowest BCUT2D eigenvalue weighted by Gasteiger charge is -2.01. The van der Waals surface area contributed by atoms with Crippen molar-refractivity contribution < 1.29 is 9.90 Å². The minimum absolute atomic E-state index is 0.231. The Morgan fingerprint density at radius 2 is 2.00 bits per heavy atom. The van der Waals surface area contributed by atoms with Gasteiger partial charge in [-0.1, -0.05) is 30.3 Å². The quantitative estimate of drug-likeness (QED) is 0.806. The molecule has 0 bridgehead atoms. The van der Waals surface area contributed by atoms with E-state index in [0.29, 0.717) is 10.8 Å². The van der Waals surface area contributed by atoms with Crippen molar-refractivity contribution in [2.24, 2.45) is 0 Å². The third-order valence-electron chi connectivity index (χ3n) is 1.76. The average molecular weight is 243 g/mol. The van der Waals surface area contributed by atoms with Crippen molar-refractivity contribution in [2.75, 3.05) is 5.75 Å². The molecule has 0 saturated carbocycles. The highest BCUT2D eigenvalue weighted by Crippen LogP contribution is 2.16. The number of rotatable bonds is 5. The second-order valence-electron chi connectivity index (χ2n) is 3.03. The lowest BCUT2D eigenvalue weighted by molar-refractivity contribution is -0.132. The SMILES string of the molecule is C=C(CSCc1ccc(Cl)cc1)C(=O)O. The molecule has 0 aliphatic carbocycles. The summed E-state index contributed by atoms with van der Waals surface area (Å²) >= 11 is 7.26. The first-order valence-electron chi connectivity index (χ1n) is 4.33. The van der Waals surface area contributed by atoms with E-state index in [1.54, 1.807) is 0 Å². The summed E-state index contributed by atoms with van der Waals surface area (Å²) in [5.41, 5.74) is 1.36. The van der Waals surface area contributed by atoms with E-state index in [2.05, 4.69) is 6.58 Å². The fourth-order valence-corrected chi connectivity index (χ4v) is 1.96. The molecule has 0 atom stereocenters. The van der Waals surface area contributed by atoms with Crippen molar-refractivity contribution in [3.8, 4) is 0 Å². The molecular weight excluding hydrogens is 232 g/mol. The molecule has 0 saturated heterocycles. The normalized spacial score (nSPS) is 9.93. The van der Waals surface area contributed by atoms with E-state index in [9.17, 15) is 4.79 Å². The number of carboxylic acid groups (broad SMARTS) is 1. The Bertz CT molecular complexity index is 359. The second-order valence-corrected chi connectivity index (χ2v) is 4.45. The van der Waals surface area contributed by atoms with E-state index >= 15 is 0 Å². The highest BCUT2D eigenvalue weighted by atomic mass is 35.5. The highest BCUT2D eigenvalue weighted by molar-refractivity contribution is 7.98. The third kappa shape index (κ3) is 4.40. The summed E-state index contributed by atoms with van der Waals surface area (Å²) in [6.07, 6.45) is 0. The predicted octanol–water partition coefficient (Wildman–Crippen LogP) is 3.21. The standard InChI is InChI=1S/C11H11ClO2S/c1-8(11(13)14)6-15-7-9-2-4-10(12)5-3-9/h2-5H,1,6-7H2,(H,13,14). The number of carbonyl (C=O) groups is 1. The van der Waals surface area contributed by atoms with Crippen molar-refractivity contribution in [1.29, 1.82) is 0 Å². The minimum atomic E-state index is -0.932. The summed E-state index contributed by atoms with van der Waals surface area (Å²) in [7, 11) is 0. The topological polar surface area (TPSA) is 37.3 Å². The Kier molecular flexibility index (Phi) is 4.72. The van der Waals surface area contributed by atoms with Crippen LogP contribution >= 0.6 is 23.4 Å². The zero-order chi connectivity index (χ0) is 11.3. The van der Waals surface area contributed by atoms with Gasteiger partial charge in [0.2, 0.25) is 0 Å². The van der Waals surface area contributed by atoms with Gasteiger partial charge in [-0.25, -0.2) is 4.79 Å². The Hall–Kier alpha value is -0.930. The summed E-state index contributed by atoms with van der Waals surface area (Å²) in [6.45, 7) is 3.46.